The van der Waals surface area contributed by atoms with Crippen LogP contribution in [0.5, 0.6) is 0 Å². The van der Waals surface area contributed by atoms with Gasteiger partial charge in [0.05, 0.1) is 13.2 Å². The van der Waals surface area contributed by atoms with Crippen molar-refractivity contribution in [3.8, 4) is 0 Å². The van der Waals surface area contributed by atoms with Crippen molar-refractivity contribution in [2.45, 2.75) is 25.4 Å². The van der Waals surface area contributed by atoms with Crippen molar-refractivity contribution in [1.82, 2.24) is 4.90 Å². The summed E-state index contributed by atoms with van der Waals surface area (Å²) in [5.41, 5.74) is 6.28. The molecule has 1 fully saturated rings. The lowest BCUT2D eigenvalue weighted by molar-refractivity contribution is -0.0532. The Morgan fingerprint density at radius 3 is 2.79 bits per heavy atom. The second kappa shape index (κ2) is 5.53. The highest BCUT2D eigenvalue weighted by molar-refractivity contribution is 5.22. The number of ether oxygens (including phenoxy) is 1. The number of hydrogen-bond acceptors (Lipinski definition) is 3. The van der Waals surface area contributed by atoms with E-state index in [1.165, 1.54) is 12.1 Å². The van der Waals surface area contributed by atoms with Gasteiger partial charge in [0.15, 0.2) is 0 Å². The minimum absolute atomic E-state index is 0.119. The van der Waals surface area contributed by atoms with Gasteiger partial charge in [-0.3, -0.25) is 4.90 Å². The lowest BCUT2D eigenvalue weighted by atomic mass is 9.99. The predicted molar refractivity (Wildman–Crippen MR) is 69.8 cm³/mol. The van der Waals surface area contributed by atoms with E-state index in [1.807, 2.05) is 0 Å². The number of rotatable bonds is 3. The van der Waals surface area contributed by atoms with Gasteiger partial charge in [0.25, 0.3) is 0 Å². The standard InChI is InChI=1S/C14H20F2N2O/c1-14(2)9-19-6-5-18(14)8-13(17)11-4-3-10(15)7-12(11)16/h3-4,7,13H,5-6,8-9,17H2,1-2H3. The third-order valence-electron chi connectivity index (χ3n) is 3.60. The summed E-state index contributed by atoms with van der Waals surface area (Å²) in [6.45, 7) is 6.72. The SMILES string of the molecule is CC1(C)COCCN1CC(N)c1ccc(F)cc1F. The molecule has 5 heteroatoms. The summed E-state index contributed by atoms with van der Waals surface area (Å²) in [5, 5.41) is 0. The second-order valence-electron chi connectivity index (χ2n) is 5.58. The first-order valence-electron chi connectivity index (χ1n) is 6.43. The summed E-state index contributed by atoms with van der Waals surface area (Å²) in [6.07, 6.45) is 0. The molecule has 1 aliphatic rings. The number of nitrogens with zero attached hydrogens (tertiary/aromatic N) is 1. The van der Waals surface area contributed by atoms with Crippen LogP contribution < -0.4 is 5.73 Å². The zero-order valence-electron chi connectivity index (χ0n) is 11.3. The van der Waals surface area contributed by atoms with E-state index < -0.39 is 17.7 Å². The van der Waals surface area contributed by atoms with Crippen LogP contribution in [0, 0.1) is 11.6 Å². The molecule has 0 spiro atoms. The Morgan fingerprint density at radius 2 is 2.16 bits per heavy atom. The number of morpholine rings is 1. The molecule has 0 aromatic heterocycles. The molecule has 1 atom stereocenters. The van der Waals surface area contributed by atoms with Crippen LogP contribution in [-0.2, 0) is 4.74 Å². The van der Waals surface area contributed by atoms with Crippen LogP contribution in [0.3, 0.4) is 0 Å². The number of hydrogen-bond donors (Lipinski definition) is 1. The maximum atomic E-state index is 13.7. The van der Waals surface area contributed by atoms with Crippen molar-refractivity contribution in [1.29, 1.82) is 0 Å². The van der Waals surface area contributed by atoms with Crippen molar-refractivity contribution >= 4 is 0 Å². The quantitative estimate of drug-likeness (QED) is 0.914. The Bertz CT molecular complexity index is 451. The van der Waals surface area contributed by atoms with E-state index >= 15 is 0 Å². The van der Waals surface area contributed by atoms with Gasteiger partial charge < -0.3 is 10.5 Å². The van der Waals surface area contributed by atoms with Crippen LogP contribution in [-0.4, -0.2) is 36.7 Å². The van der Waals surface area contributed by atoms with E-state index in [-0.39, 0.29) is 5.54 Å². The maximum Gasteiger partial charge on any atom is 0.130 e. The molecule has 1 aromatic rings. The van der Waals surface area contributed by atoms with Crippen LogP contribution >= 0.6 is 0 Å². The Balaban J connectivity index is 2.09. The van der Waals surface area contributed by atoms with E-state index in [2.05, 4.69) is 18.7 Å². The smallest absolute Gasteiger partial charge is 0.130 e. The molecule has 2 N–H and O–H groups in total. The fourth-order valence-electron chi connectivity index (χ4n) is 2.37. The number of benzene rings is 1. The summed E-state index contributed by atoms with van der Waals surface area (Å²) in [4.78, 5) is 2.18. The predicted octanol–water partition coefficient (Wildman–Crippen LogP) is 2.08. The molecule has 3 nitrogen and oxygen atoms in total. The largest absolute Gasteiger partial charge is 0.378 e. The van der Waals surface area contributed by atoms with Crippen LogP contribution in [0.2, 0.25) is 0 Å². The molecule has 0 bridgehead atoms. The summed E-state index contributed by atoms with van der Waals surface area (Å²) in [7, 11) is 0. The van der Waals surface area contributed by atoms with Crippen molar-refractivity contribution in [2.24, 2.45) is 5.73 Å². The molecule has 0 amide bonds. The molecule has 1 unspecified atom stereocenters. The fraction of sp³-hybridized carbons (Fsp3) is 0.571. The normalized spacial score (nSPS) is 21.3. The van der Waals surface area contributed by atoms with Crippen molar-refractivity contribution < 1.29 is 13.5 Å². The van der Waals surface area contributed by atoms with E-state index in [0.29, 0.717) is 25.3 Å². The van der Waals surface area contributed by atoms with Gasteiger partial charge >= 0.3 is 0 Å². The zero-order chi connectivity index (χ0) is 14.0. The zero-order valence-corrected chi connectivity index (χ0v) is 11.3. The maximum absolute atomic E-state index is 13.7. The molecule has 1 aromatic carbocycles. The van der Waals surface area contributed by atoms with Crippen LogP contribution in [0.15, 0.2) is 18.2 Å². The molecule has 19 heavy (non-hydrogen) atoms. The lowest BCUT2D eigenvalue weighted by Gasteiger charge is -2.43. The first-order valence-corrected chi connectivity index (χ1v) is 6.43. The number of nitrogens with two attached hydrogens (primary N) is 1. The molecule has 1 aliphatic heterocycles. The van der Waals surface area contributed by atoms with Gasteiger partial charge in [-0.05, 0) is 19.9 Å². The molecule has 1 heterocycles. The topological polar surface area (TPSA) is 38.5 Å². The highest BCUT2D eigenvalue weighted by atomic mass is 19.1. The summed E-state index contributed by atoms with van der Waals surface area (Å²) in [6, 6.07) is 3.06. The first kappa shape index (κ1) is 14.4. The summed E-state index contributed by atoms with van der Waals surface area (Å²) < 4.78 is 32.0. The van der Waals surface area contributed by atoms with Gasteiger partial charge in [0.1, 0.15) is 11.6 Å². The minimum Gasteiger partial charge on any atom is -0.378 e. The molecular formula is C14H20F2N2O. The molecule has 0 saturated carbocycles. The summed E-state index contributed by atoms with van der Waals surface area (Å²) >= 11 is 0. The van der Waals surface area contributed by atoms with Crippen LogP contribution in [0.1, 0.15) is 25.5 Å². The van der Waals surface area contributed by atoms with Gasteiger partial charge in [-0.25, -0.2) is 8.78 Å². The highest BCUT2D eigenvalue weighted by Gasteiger charge is 2.31. The van der Waals surface area contributed by atoms with Gasteiger partial charge in [-0.1, -0.05) is 6.07 Å². The highest BCUT2D eigenvalue weighted by Crippen LogP contribution is 2.23. The third kappa shape index (κ3) is 3.29. The Labute approximate surface area is 112 Å². The second-order valence-corrected chi connectivity index (χ2v) is 5.58. The van der Waals surface area contributed by atoms with Crippen LogP contribution in [0.25, 0.3) is 0 Å². The molecule has 2 rings (SSSR count). The van der Waals surface area contributed by atoms with E-state index in [1.54, 1.807) is 0 Å². The Morgan fingerprint density at radius 1 is 1.42 bits per heavy atom. The Kier molecular flexibility index (Phi) is 4.18. The first-order chi connectivity index (χ1) is 8.90. The molecule has 106 valence electrons. The molecular weight excluding hydrogens is 250 g/mol. The van der Waals surface area contributed by atoms with E-state index in [9.17, 15) is 8.78 Å². The minimum atomic E-state index is -0.585. The molecule has 0 aliphatic carbocycles. The summed E-state index contributed by atoms with van der Waals surface area (Å²) in [5.74, 6) is -1.17. The van der Waals surface area contributed by atoms with Crippen molar-refractivity contribution in [3.05, 3.63) is 35.4 Å². The van der Waals surface area contributed by atoms with E-state index in [0.717, 1.165) is 12.6 Å². The monoisotopic (exact) mass is 270 g/mol. The van der Waals surface area contributed by atoms with Gasteiger partial charge in [-0.2, -0.15) is 0 Å². The van der Waals surface area contributed by atoms with Crippen molar-refractivity contribution in [3.63, 3.8) is 0 Å². The van der Waals surface area contributed by atoms with Crippen molar-refractivity contribution in [2.75, 3.05) is 26.3 Å². The molecule has 0 radical (unpaired) electrons. The lowest BCUT2D eigenvalue weighted by Crippen LogP contribution is -2.54. The van der Waals surface area contributed by atoms with Gasteiger partial charge in [0, 0.05) is 36.3 Å². The third-order valence-corrected chi connectivity index (χ3v) is 3.60. The average Bonchev–Trinajstić information content (AvgIpc) is 2.31. The van der Waals surface area contributed by atoms with E-state index in [4.69, 9.17) is 10.5 Å². The van der Waals surface area contributed by atoms with Gasteiger partial charge in [0.2, 0.25) is 0 Å². The van der Waals surface area contributed by atoms with Crippen LogP contribution in [0.4, 0.5) is 8.78 Å². The fourth-order valence-corrected chi connectivity index (χ4v) is 2.37. The molecule has 1 saturated heterocycles. The Hall–Kier alpha value is -1.04. The number of halogens is 2. The van der Waals surface area contributed by atoms with Gasteiger partial charge in [-0.15, -0.1) is 0 Å². The average molecular weight is 270 g/mol.